The van der Waals surface area contributed by atoms with Crippen molar-refractivity contribution in [1.82, 2.24) is 10.1 Å². The average Bonchev–Trinajstić information content (AvgIpc) is 3.29. The summed E-state index contributed by atoms with van der Waals surface area (Å²) in [5.74, 6) is 1.51. The van der Waals surface area contributed by atoms with Gasteiger partial charge in [-0.25, -0.2) is 0 Å². The van der Waals surface area contributed by atoms with E-state index in [2.05, 4.69) is 10.1 Å². The van der Waals surface area contributed by atoms with Crippen molar-refractivity contribution in [2.45, 2.75) is 12.3 Å². The van der Waals surface area contributed by atoms with Crippen LogP contribution in [0.1, 0.15) is 18.2 Å². The molecule has 7 heteroatoms. The first kappa shape index (κ1) is 16.6. The number of benzene rings is 2. The quantitative estimate of drug-likeness (QED) is 0.697. The molecule has 1 fully saturated rings. The molecular formula is C19H16ClN3O3. The zero-order chi connectivity index (χ0) is 18.1. The molecule has 2 heterocycles. The Hall–Kier alpha value is -2.86. The Morgan fingerprint density at radius 3 is 2.69 bits per heavy atom. The smallest absolute Gasteiger partial charge is 0.232 e. The molecule has 1 amide bonds. The highest BCUT2D eigenvalue weighted by molar-refractivity contribution is 6.33. The average molecular weight is 370 g/mol. The molecule has 1 unspecified atom stereocenters. The number of nitrogens with zero attached hydrogens (tertiary/aromatic N) is 3. The van der Waals surface area contributed by atoms with Gasteiger partial charge < -0.3 is 14.2 Å². The van der Waals surface area contributed by atoms with E-state index in [0.29, 0.717) is 35.3 Å². The van der Waals surface area contributed by atoms with Gasteiger partial charge in [-0.1, -0.05) is 28.9 Å². The van der Waals surface area contributed by atoms with Gasteiger partial charge in [0.05, 0.1) is 18.1 Å². The summed E-state index contributed by atoms with van der Waals surface area (Å²) in [5, 5.41) is 4.58. The van der Waals surface area contributed by atoms with Crippen LogP contribution in [0.5, 0.6) is 5.75 Å². The predicted molar refractivity (Wildman–Crippen MR) is 97.4 cm³/mol. The SMILES string of the molecule is COc1ccc(N2CC(c3nc(-c4ccccc4Cl)no3)CC2=O)cc1. The number of hydrogen-bond acceptors (Lipinski definition) is 5. The third-order valence-corrected chi connectivity index (χ3v) is 4.74. The molecule has 0 N–H and O–H groups in total. The molecule has 1 aromatic heterocycles. The number of aromatic nitrogens is 2. The number of carbonyl (C=O) groups is 1. The molecule has 3 aromatic rings. The van der Waals surface area contributed by atoms with E-state index in [1.54, 1.807) is 18.1 Å². The molecule has 1 aliphatic heterocycles. The third-order valence-electron chi connectivity index (χ3n) is 4.41. The highest BCUT2D eigenvalue weighted by atomic mass is 35.5. The first-order valence-corrected chi connectivity index (χ1v) is 8.56. The standard InChI is InChI=1S/C19H16ClN3O3/c1-25-14-8-6-13(7-9-14)23-11-12(10-17(23)24)19-21-18(22-26-19)15-4-2-3-5-16(15)20/h2-9,12H,10-11H2,1H3. The molecule has 4 rings (SSSR count). The molecule has 1 atom stereocenters. The lowest BCUT2D eigenvalue weighted by molar-refractivity contribution is -0.117. The Morgan fingerprint density at radius 1 is 1.19 bits per heavy atom. The zero-order valence-electron chi connectivity index (χ0n) is 14.1. The summed E-state index contributed by atoms with van der Waals surface area (Å²) >= 11 is 6.18. The van der Waals surface area contributed by atoms with Crippen molar-refractivity contribution in [1.29, 1.82) is 0 Å². The third kappa shape index (κ3) is 3.04. The van der Waals surface area contributed by atoms with Gasteiger partial charge in [0.1, 0.15) is 5.75 Å². The first-order chi connectivity index (χ1) is 12.7. The van der Waals surface area contributed by atoms with E-state index < -0.39 is 0 Å². The summed E-state index contributed by atoms with van der Waals surface area (Å²) < 4.78 is 10.6. The lowest BCUT2D eigenvalue weighted by Gasteiger charge is -2.16. The Morgan fingerprint density at radius 2 is 1.96 bits per heavy atom. The van der Waals surface area contributed by atoms with Crippen molar-refractivity contribution in [3.63, 3.8) is 0 Å². The van der Waals surface area contributed by atoms with Gasteiger partial charge in [-0.15, -0.1) is 0 Å². The number of carbonyl (C=O) groups excluding carboxylic acids is 1. The molecular weight excluding hydrogens is 354 g/mol. The van der Waals surface area contributed by atoms with E-state index in [4.69, 9.17) is 20.9 Å². The van der Waals surface area contributed by atoms with E-state index in [1.807, 2.05) is 42.5 Å². The van der Waals surface area contributed by atoms with E-state index in [0.717, 1.165) is 11.4 Å². The molecule has 2 aromatic carbocycles. The topological polar surface area (TPSA) is 68.5 Å². The summed E-state index contributed by atoms with van der Waals surface area (Å²) in [4.78, 5) is 18.6. The molecule has 1 aliphatic rings. The molecule has 132 valence electrons. The normalized spacial score (nSPS) is 16.9. The second-order valence-corrected chi connectivity index (χ2v) is 6.45. The molecule has 0 aliphatic carbocycles. The Balaban J connectivity index is 1.55. The van der Waals surface area contributed by atoms with Gasteiger partial charge >= 0.3 is 0 Å². The molecule has 26 heavy (non-hydrogen) atoms. The lowest BCUT2D eigenvalue weighted by Crippen LogP contribution is -2.24. The molecule has 0 radical (unpaired) electrons. The van der Waals surface area contributed by atoms with Gasteiger partial charge in [0.2, 0.25) is 17.6 Å². The summed E-state index contributed by atoms with van der Waals surface area (Å²) in [7, 11) is 1.61. The maximum atomic E-state index is 12.4. The maximum Gasteiger partial charge on any atom is 0.232 e. The minimum atomic E-state index is -0.145. The number of halogens is 1. The number of amides is 1. The fourth-order valence-corrected chi connectivity index (χ4v) is 3.26. The van der Waals surface area contributed by atoms with Gasteiger partial charge in [-0.05, 0) is 36.4 Å². The highest BCUT2D eigenvalue weighted by Gasteiger charge is 2.35. The number of rotatable bonds is 4. The summed E-state index contributed by atoms with van der Waals surface area (Å²) in [5.41, 5.74) is 1.53. The minimum absolute atomic E-state index is 0.0256. The number of hydrogen-bond donors (Lipinski definition) is 0. The summed E-state index contributed by atoms with van der Waals surface area (Å²) in [6, 6.07) is 14.7. The zero-order valence-corrected chi connectivity index (χ0v) is 14.8. The maximum absolute atomic E-state index is 12.4. The van der Waals surface area contributed by atoms with Crippen molar-refractivity contribution in [2.24, 2.45) is 0 Å². The van der Waals surface area contributed by atoms with Crippen LogP contribution in [0.3, 0.4) is 0 Å². The van der Waals surface area contributed by atoms with Crippen LogP contribution in [0, 0.1) is 0 Å². The van der Waals surface area contributed by atoms with Crippen molar-refractivity contribution in [3.8, 4) is 17.1 Å². The Kier molecular flexibility index (Phi) is 4.34. The van der Waals surface area contributed by atoms with E-state index in [-0.39, 0.29) is 11.8 Å². The molecule has 1 saturated heterocycles. The molecule has 0 saturated carbocycles. The van der Waals surface area contributed by atoms with Gasteiger partial charge in [0.15, 0.2) is 0 Å². The van der Waals surface area contributed by atoms with E-state index in [1.165, 1.54) is 0 Å². The van der Waals surface area contributed by atoms with Crippen molar-refractivity contribution in [3.05, 3.63) is 59.4 Å². The van der Waals surface area contributed by atoms with Gasteiger partial charge in [0.25, 0.3) is 0 Å². The number of anilines is 1. The van der Waals surface area contributed by atoms with Crippen LogP contribution < -0.4 is 9.64 Å². The molecule has 6 nitrogen and oxygen atoms in total. The largest absolute Gasteiger partial charge is 0.497 e. The summed E-state index contributed by atoms with van der Waals surface area (Å²) in [6.07, 6.45) is 0.330. The van der Waals surface area contributed by atoms with Crippen molar-refractivity contribution in [2.75, 3.05) is 18.6 Å². The van der Waals surface area contributed by atoms with Crippen LogP contribution in [0.2, 0.25) is 5.02 Å². The second kappa shape index (κ2) is 6.80. The minimum Gasteiger partial charge on any atom is -0.497 e. The van der Waals surface area contributed by atoms with Crippen LogP contribution in [0.15, 0.2) is 53.1 Å². The van der Waals surface area contributed by atoms with Crippen LogP contribution in [0.4, 0.5) is 5.69 Å². The highest BCUT2D eigenvalue weighted by Crippen LogP contribution is 2.33. The van der Waals surface area contributed by atoms with Crippen LogP contribution in [-0.4, -0.2) is 29.7 Å². The van der Waals surface area contributed by atoms with Crippen molar-refractivity contribution >= 4 is 23.2 Å². The number of ether oxygens (including phenoxy) is 1. The molecule has 0 bridgehead atoms. The van der Waals surface area contributed by atoms with Gasteiger partial charge in [0, 0.05) is 24.2 Å². The van der Waals surface area contributed by atoms with Crippen LogP contribution in [-0.2, 0) is 4.79 Å². The first-order valence-electron chi connectivity index (χ1n) is 8.18. The fraction of sp³-hybridized carbons (Fsp3) is 0.211. The molecule has 0 spiro atoms. The van der Waals surface area contributed by atoms with Crippen molar-refractivity contribution < 1.29 is 14.1 Å². The fourth-order valence-electron chi connectivity index (χ4n) is 3.04. The van der Waals surface area contributed by atoms with Gasteiger partial charge in [-0.2, -0.15) is 4.98 Å². The Bertz CT molecular complexity index is 939. The summed E-state index contributed by atoms with van der Waals surface area (Å²) in [6.45, 7) is 0.495. The van der Waals surface area contributed by atoms with Crippen LogP contribution >= 0.6 is 11.6 Å². The number of methoxy groups -OCH3 is 1. The Labute approximate surface area is 155 Å². The van der Waals surface area contributed by atoms with Crippen LogP contribution in [0.25, 0.3) is 11.4 Å². The monoisotopic (exact) mass is 369 g/mol. The van der Waals surface area contributed by atoms with Gasteiger partial charge in [-0.3, -0.25) is 4.79 Å². The predicted octanol–water partition coefficient (Wildman–Crippen LogP) is 3.92. The lowest BCUT2D eigenvalue weighted by atomic mass is 10.1. The van der Waals surface area contributed by atoms with E-state index >= 15 is 0 Å². The second-order valence-electron chi connectivity index (χ2n) is 6.04. The van der Waals surface area contributed by atoms with E-state index in [9.17, 15) is 4.79 Å².